The van der Waals surface area contributed by atoms with Gasteiger partial charge in [-0.2, -0.15) is 36.3 Å². The summed E-state index contributed by atoms with van der Waals surface area (Å²) >= 11 is 0. The number of allylic oxidation sites excluding steroid dienone is 1. The molecule has 7 heterocycles. The van der Waals surface area contributed by atoms with E-state index in [0.717, 1.165) is 37.1 Å². The van der Waals surface area contributed by atoms with Gasteiger partial charge in [-0.3, -0.25) is 30.1 Å². The summed E-state index contributed by atoms with van der Waals surface area (Å²) in [4.78, 5) is 62.3. The number of carbonyl (C=O) groups is 3. The molecule has 0 atom stereocenters. The zero-order chi connectivity index (χ0) is 58.3. The number of nitrogens with zero attached hydrogens (tertiary/aromatic N) is 9. The number of ketones is 1. The van der Waals surface area contributed by atoms with E-state index in [4.69, 9.17) is 29.8 Å². The predicted molar refractivity (Wildman–Crippen MR) is 284 cm³/mol. The van der Waals surface area contributed by atoms with Gasteiger partial charge in [0.15, 0.2) is 0 Å². The third-order valence-corrected chi connectivity index (χ3v) is 12.1. The van der Waals surface area contributed by atoms with Crippen molar-refractivity contribution in [3.8, 4) is 33.9 Å². The average molecular weight is 1160 g/mol. The first-order valence-corrected chi connectivity index (χ1v) is 25.4. The summed E-state index contributed by atoms with van der Waals surface area (Å²) in [6.07, 6.45) is 3.86. The number of benzene rings is 2. The summed E-state index contributed by atoms with van der Waals surface area (Å²) in [6.45, 7) is 13.5. The highest BCUT2D eigenvalue weighted by Crippen LogP contribution is 2.37. The SMILES string of the molecule is CC(C)(C)OC(=O)N1CCC(Nc2nccc(-c3c(-c4cccc(C(F)(F)F)c4)nc4occn34)n2)CC1.CC(C)(C)OC(=O)N1CCC([NH+]=C(N)N)CC1.CN(C)C=CC(=O)c1c(-c2cccc(C(F)(F)F)c2)nc2occn12.[Cl-]. The minimum Gasteiger partial charge on any atom is -1.00 e. The molecular formula is C54H64ClF6N13O7. The van der Waals surface area contributed by atoms with Crippen LogP contribution in [0.4, 0.5) is 41.9 Å². The third-order valence-electron chi connectivity index (χ3n) is 12.1. The Kier molecular flexibility index (Phi) is 19.4. The Balaban J connectivity index is 0.000000212. The molecule has 0 unspecified atom stereocenters. The van der Waals surface area contributed by atoms with Crippen molar-refractivity contribution in [2.45, 2.75) is 103 Å². The minimum absolute atomic E-state index is 0. The van der Waals surface area contributed by atoms with E-state index >= 15 is 0 Å². The third kappa shape index (κ3) is 16.6. The number of carbonyl (C=O) groups excluding carboxylic acids is 3. The molecule has 20 nitrogen and oxygen atoms in total. The molecule has 5 aromatic heterocycles. The van der Waals surface area contributed by atoms with Gasteiger partial charge in [0.05, 0.1) is 22.9 Å². The number of hydrogen-bond donors (Lipinski definition) is 4. The fraction of sp³-hybridized carbons (Fsp3) is 0.407. The van der Waals surface area contributed by atoms with Crippen molar-refractivity contribution in [1.29, 1.82) is 0 Å². The van der Waals surface area contributed by atoms with Gasteiger partial charge in [0, 0.05) is 88.3 Å². The molecular weight excluding hydrogens is 1090 g/mol. The minimum atomic E-state index is -4.49. The number of guanidine groups is 1. The number of halogens is 7. The number of anilines is 1. The molecule has 2 amide bonds. The molecule has 2 fully saturated rings. The maximum Gasteiger partial charge on any atom is 0.416 e. The van der Waals surface area contributed by atoms with Crippen LogP contribution in [0.5, 0.6) is 0 Å². The Bertz CT molecular complexity index is 3330. The van der Waals surface area contributed by atoms with Gasteiger partial charge in [-0.1, -0.05) is 24.3 Å². The van der Waals surface area contributed by atoms with E-state index in [-0.39, 0.29) is 76.8 Å². The van der Waals surface area contributed by atoms with Crippen LogP contribution in [0.1, 0.15) is 88.8 Å². The fourth-order valence-corrected chi connectivity index (χ4v) is 8.48. The van der Waals surface area contributed by atoms with Crippen LogP contribution in [0.2, 0.25) is 0 Å². The van der Waals surface area contributed by atoms with E-state index in [1.54, 1.807) is 63.9 Å². The lowest BCUT2D eigenvalue weighted by Crippen LogP contribution is -3.00. The number of nitrogens with two attached hydrogens (primary N) is 2. The molecule has 9 rings (SSSR count). The summed E-state index contributed by atoms with van der Waals surface area (Å²) in [7, 11) is 3.50. The molecule has 0 aliphatic carbocycles. The number of aromatic nitrogens is 6. The Hall–Kier alpha value is -8.29. The van der Waals surface area contributed by atoms with Gasteiger partial charge in [-0.25, -0.2) is 19.6 Å². The number of alkyl halides is 6. The second kappa shape index (κ2) is 25.4. The van der Waals surface area contributed by atoms with Crippen LogP contribution in [0, 0.1) is 0 Å². The van der Waals surface area contributed by atoms with E-state index < -0.39 is 40.5 Å². The number of rotatable bonds is 9. The molecule has 7 aromatic rings. The topological polar surface area (TPSA) is 244 Å². The van der Waals surface area contributed by atoms with Crippen LogP contribution < -0.4 is 34.2 Å². The number of imidazole rings is 2. The molecule has 27 heteroatoms. The van der Waals surface area contributed by atoms with Gasteiger partial charge in [-0.05, 0) is 97.6 Å². The van der Waals surface area contributed by atoms with Gasteiger partial charge >= 0.3 is 42.2 Å². The zero-order valence-corrected chi connectivity index (χ0v) is 46.5. The summed E-state index contributed by atoms with van der Waals surface area (Å²) in [5, 5.41) is 3.32. The molecule has 0 bridgehead atoms. The lowest BCUT2D eigenvalue weighted by atomic mass is 10.0. The Morgan fingerprint density at radius 3 is 1.72 bits per heavy atom. The number of hydrogen-bond acceptors (Lipinski definition) is 13. The number of likely N-dealkylation sites (tertiary alicyclic amines) is 2. The number of ether oxygens (including phenoxy) is 2. The van der Waals surface area contributed by atoms with Gasteiger partial charge in [0.25, 0.3) is 0 Å². The summed E-state index contributed by atoms with van der Waals surface area (Å²) in [5.41, 5.74) is 10.2. The monoisotopic (exact) mass is 1160 g/mol. The molecule has 2 aliphatic rings. The van der Waals surface area contributed by atoms with Gasteiger partial charge in [-0.15, -0.1) is 0 Å². The first-order valence-electron chi connectivity index (χ1n) is 25.4. The lowest BCUT2D eigenvalue weighted by Gasteiger charge is -2.33. The predicted octanol–water partition coefficient (Wildman–Crippen LogP) is 5.50. The highest BCUT2D eigenvalue weighted by Gasteiger charge is 2.34. The smallest absolute Gasteiger partial charge is 0.416 e. The van der Waals surface area contributed by atoms with Crippen molar-refractivity contribution in [1.82, 2.24) is 43.4 Å². The standard InChI is InChI=1S/C26H27F3N6O3.C17H14F3N3O2.C11H22N4O2.ClH/c1-25(2,3)38-24(36)34-11-8-18(9-12-34)31-22-30-10-7-19(32-22)21-20(33-23-35(21)13-14-37-23)16-5-4-6-17(15-16)26(27,28)29;1-22(2)7-6-13(24)15-14(21-16-23(15)8-9-25-16)11-4-3-5-12(10-11)17(18,19)20;1-11(2,3)17-10(16)15-6-4-8(5-7-15)14-9(12)13;/h4-7,10,13-15,18H,8-9,11-12H2,1-3H3,(H,30,31,32);3-10H,1-2H3;8H,4-7H2,1-3H3,(H4,12,13,14);1H. The summed E-state index contributed by atoms with van der Waals surface area (Å²) in [5.74, 6) is 0.575. The van der Waals surface area contributed by atoms with Crippen LogP contribution in [0.3, 0.4) is 0 Å². The quantitative estimate of drug-likeness (QED) is 0.0459. The van der Waals surface area contributed by atoms with Crippen LogP contribution in [0.25, 0.3) is 45.6 Å². The molecule has 0 saturated carbocycles. The van der Waals surface area contributed by atoms with E-state index in [1.807, 2.05) is 41.5 Å². The van der Waals surface area contributed by atoms with Gasteiger partial charge in [0.1, 0.15) is 46.5 Å². The summed E-state index contributed by atoms with van der Waals surface area (Å²) in [6, 6.07) is 11.6. The maximum atomic E-state index is 13.4. The molecule has 6 N–H and O–H groups in total. The van der Waals surface area contributed by atoms with Crippen molar-refractivity contribution in [2.24, 2.45) is 11.5 Å². The normalized spacial score (nSPS) is 14.6. The van der Waals surface area contributed by atoms with Crippen LogP contribution >= 0.6 is 0 Å². The van der Waals surface area contributed by atoms with E-state index in [1.165, 1.54) is 47.4 Å². The Labute approximate surface area is 468 Å². The first-order chi connectivity index (χ1) is 37.5. The highest BCUT2D eigenvalue weighted by atomic mass is 35.5. The largest absolute Gasteiger partial charge is 1.00 e. The van der Waals surface area contributed by atoms with Crippen LogP contribution in [-0.4, -0.2) is 131 Å². The van der Waals surface area contributed by atoms with E-state index in [2.05, 4.69) is 30.2 Å². The van der Waals surface area contributed by atoms with Crippen molar-refractivity contribution >= 4 is 41.6 Å². The second-order valence-electron chi connectivity index (χ2n) is 21.0. The number of amides is 2. The number of nitrogens with one attached hydrogen (secondary N) is 2. The zero-order valence-electron chi connectivity index (χ0n) is 45.7. The number of fused-ring (bicyclic) bond motifs is 2. The van der Waals surface area contributed by atoms with E-state index in [9.17, 15) is 40.7 Å². The lowest BCUT2D eigenvalue weighted by molar-refractivity contribution is -0.509. The fourth-order valence-electron chi connectivity index (χ4n) is 8.48. The Morgan fingerprint density at radius 1 is 0.716 bits per heavy atom. The van der Waals surface area contributed by atoms with Crippen LogP contribution in [-0.2, 0) is 21.8 Å². The molecule has 81 heavy (non-hydrogen) atoms. The number of piperidine rings is 2. The molecule has 2 saturated heterocycles. The van der Waals surface area contributed by atoms with Crippen LogP contribution in [0.15, 0.2) is 107 Å². The van der Waals surface area contributed by atoms with Crippen molar-refractivity contribution < 1.29 is 76.4 Å². The molecule has 2 aliphatic heterocycles. The molecule has 0 spiro atoms. The second-order valence-corrected chi connectivity index (χ2v) is 21.0. The first kappa shape index (κ1) is 61.9. The van der Waals surface area contributed by atoms with Crippen molar-refractivity contribution in [2.75, 3.05) is 45.6 Å². The summed E-state index contributed by atoms with van der Waals surface area (Å²) < 4.78 is 103. The molecule has 0 radical (unpaired) electrons. The molecule has 2 aromatic carbocycles. The molecule has 436 valence electrons. The maximum absolute atomic E-state index is 13.4. The highest BCUT2D eigenvalue weighted by molar-refractivity contribution is 6.08. The van der Waals surface area contributed by atoms with Crippen molar-refractivity contribution in [3.63, 3.8) is 0 Å². The Morgan fingerprint density at radius 2 is 1.21 bits per heavy atom. The van der Waals surface area contributed by atoms with Crippen molar-refractivity contribution in [3.05, 3.63) is 115 Å². The van der Waals surface area contributed by atoms with Gasteiger partial charge in [0.2, 0.25) is 11.7 Å². The average Bonchev–Trinajstić information content (AvgIpc) is 4.36. The van der Waals surface area contributed by atoms with Gasteiger partial charge < -0.3 is 50.7 Å². The number of oxazole rings is 2. The van der Waals surface area contributed by atoms with E-state index in [0.29, 0.717) is 62.1 Å².